The Hall–Kier alpha value is -6.16. The summed E-state index contributed by atoms with van der Waals surface area (Å²) in [6.07, 6.45) is 7.04. The number of hydrogen-bond donors (Lipinski definition) is 5. The number of benzene rings is 2. The third-order valence-corrected chi connectivity index (χ3v) is 16.8. The summed E-state index contributed by atoms with van der Waals surface area (Å²) in [5, 5.41) is 20.2. The van der Waals surface area contributed by atoms with Gasteiger partial charge in [0.05, 0.1) is 41.3 Å². The molecule has 2 aliphatic heterocycles. The van der Waals surface area contributed by atoms with Crippen molar-refractivity contribution in [2.45, 2.75) is 128 Å². The highest BCUT2D eigenvalue weighted by atomic mass is 35.5. The van der Waals surface area contributed by atoms with E-state index in [9.17, 15) is 22.8 Å². The topological polar surface area (TPSA) is 242 Å². The molecular formula is C52H72ClN13O7S. The van der Waals surface area contributed by atoms with Crippen LogP contribution < -0.4 is 35.6 Å². The van der Waals surface area contributed by atoms with Gasteiger partial charge in [-0.2, -0.15) is 5.10 Å². The summed E-state index contributed by atoms with van der Waals surface area (Å²) >= 11 is 0. The summed E-state index contributed by atoms with van der Waals surface area (Å²) < 4.78 is 39.7. The number of amides is 3. The Morgan fingerprint density at radius 2 is 1.66 bits per heavy atom. The number of aryl methyl sites for hydroxylation is 2. The lowest BCUT2D eigenvalue weighted by atomic mass is 9.85. The smallest absolute Gasteiger partial charge is 0.246 e. The first-order valence-electron chi connectivity index (χ1n) is 25.2. The van der Waals surface area contributed by atoms with Gasteiger partial charge in [0.1, 0.15) is 47.6 Å². The van der Waals surface area contributed by atoms with E-state index in [2.05, 4.69) is 73.3 Å². The van der Waals surface area contributed by atoms with Crippen molar-refractivity contribution in [3.8, 4) is 11.5 Å². The standard InChI is InChI=1S/C52H71N13O7S.ClH/c1-31-32(2)61-62-45(31)60-46-38-25-43(73(69,70)52(7,8)9)42(26-40(38)56-30-57-46)71-23-22-63-18-20-64(21-19-63)50-54-27-36(28-55-50)72-35-24-41(48(67)58-39-17-13-15-34-14-11-12-16-37(34)39)65(29-35)49(68)44(51(4,5)6)59-47(66)33(3)53-10;/h11-12,14,16,25-28,30,33,35,39,41,44,53H,13,15,17-24,29H2,1-10H3,(H,58,67)(H,59,66)(H2,56,57,60,61,62);1H/t33-,35-,39+,41-,44+;/m0./s1. The van der Waals surface area contributed by atoms with Gasteiger partial charge in [-0.1, -0.05) is 45.0 Å². The SMILES string of the molecule is CN[C@@H](C)C(=O)N[C@H](C(=O)N1C[C@@H](Oc2cnc(N3CCN(CCOc4cc5ncnc(Nc6n[nH]c(C)c6C)c5cc4S(=O)(=O)C(C)(C)C)CC3)nc2)C[C@H]1C(=O)N[C@@H]1CCCc2ccccc21)C(C)(C)C.Cl. The van der Waals surface area contributed by atoms with Crippen LogP contribution in [-0.2, 0) is 30.6 Å². The van der Waals surface area contributed by atoms with Crippen LogP contribution in [0.1, 0.15) is 96.2 Å². The number of aromatic amines is 1. The molecule has 5 aromatic rings. The fourth-order valence-electron chi connectivity index (χ4n) is 9.48. The summed E-state index contributed by atoms with van der Waals surface area (Å²) in [4.78, 5) is 66.2. The summed E-state index contributed by atoms with van der Waals surface area (Å²) in [5.74, 6) is 1.27. The van der Waals surface area contributed by atoms with Gasteiger partial charge in [-0.25, -0.2) is 28.4 Å². The Bertz CT molecular complexity index is 2920. The Kier molecular flexibility index (Phi) is 17.1. The third kappa shape index (κ3) is 12.2. The zero-order chi connectivity index (χ0) is 52.4. The molecule has 2 saturated heterocycles. The quantitative estimate of drug-likeness (QED) is 0.0834. The molecule has 22 heteroatoms. The number of nitrogens with zero attached hydrogens (tertiary/aromatic N) is 8. The van der Waals surface area contributed by atoms with E-state index in [1.807, 2.05) is 46.8 Å². The summed E-state index contributed by atoms with van der Waals surface area (Å²) in [7, 11) is -2.17. The number of likely N-dealkylation sites (tertiary alicyclic amines) is 1. The number of sulfone groups is 1. The molecule has 1 aliphatic carbocycles. The molecule has 3 amide bonds. The molecule has 0 spiro atoms. The Labute approximate surface area is 440 Å². The van der Waals surface area contributed by atoms with Crippen molar-refractivity contribution in [3.63, 3.8) is 0 Å². The first-order valence-corrected chi connectivity index (χ1v) is 26.7. The van der Waals surface area contributed by atoms with Crippen LogP contribution in [0.15, 0.2) is 60.0 Å². The first-order chi connectivity index (χ1) is 34.6. The molecule has 5 heterocycles. The molecule has 5 N–H and O–H groups in total. The number of nitrogens with one attached hydrogen (secondary N) is 5. The molecule has 3 aromatic heterocycles. The Balaban J connectivity index is 0.00000800. The zero-order valence-corrected chi connectivity index (χ0v) is 45.7. The molecule has 5 atom stereocenters. The second-order valence-corrected chi connectivity index (χ2v) is 24.1. The van der Waals surface area contributed by atoms with E-state index in [1.54, 1.807) is 64.2 Å². The van der Waals surface area contributed by atoms with Gasteiger partial charge in [-0.05, 0) is 90.5 Å². The monoisotopic (exact) mass is 1060 g/mol. The second-order valence-electron chi connectivity index (χ2n) is 21.4. The number of likely N-dealkylation sites (N-methyl/N-ethyl adjacent to an activating group) is 1. The molecule has 0 radical (unpaired) electrons. The third-order valence-electron chi connectivity index (χ3n) is 14.3. The summed E-state index contributed by atoms with van der Waals surface area (Å²) in [6, 6.07) is 8.96. The number of rotatable bonds is 16. The minimum Gasteiger partial charge on any atom is -0.491 e. The van der Waals surface area contributed by atoms with E-state index >= 15 is 0 Å². The lowest BCUT2D eigenvalue weighted by Crippen LogP contribution is -2.59. The number of ether oxygens (including phenoxy) is 2. The van der Waals surface area contributed by atoms with Crippen LogP contribution in [0.4, 0.5) is 17.6 Å². The number of carbonyl (C=O) groups is 3. The van der Waals surface area contributed by atoms with Crippen LogP contribution >= 0.6 is 12.4 Å². The van der Waals surface area contributed by atoms with Gasteiger partial charge in [0, 0.05) is 61.9 Å². The number of hydrogen-bond acceptors (Lipinski definition) is 16. The lowest BCUT2D eigenvalue weighted by Gasteiger charge is -2.36. The zero-order valence-electron chi connectivity index (χ0n) is 44.1. The second kappa shape index (κ2) is 22.8. The van der Waals surface area contributed by atoms with Crippen LogP contribution in [-0.4, -0.2) is 148 Å². The van der Waals surface area contributed by atoms with E-state index in [0.29, 0.717) is 67.0 Å². The van der Waals surface area contributed by atoms with Gasteiger partial charge < -0.3 is 40.5 Å². The number of piperazine rings is 1. The molecule has 2 aromatic carbocycles. The minimum absolute atomic E-state index is 0. The van der Waals surface area contributed by atoms with Gasteiger partial charge in [0.15, 0.2) is 21.4 Å². The highest BCUT2D eigenvalue weighted by Crippen LogP contribution is 2.38. The van der Waals surface area contributed by atoms with Crippen molar-refractivity contribution in [3.05, 3.63) is 77.5 Å². The van der Waals surface area contributed by atoms with Gasteiger partial charge in [-0.15, -0.1) is 12.4 Å². The van der Waals surface area contributed by atoms with E-state index < -0.39 is 44.2 Å². The molecular weight excluding hydrogens is 986 g/mol. The van der Waals surface area contributed by atoms with Gasteiger partial charge in [-0.3, -0.25) is 24.4 Å². The summed E-state index contributed by atoms with van der Waals surface area (Å²) in [5.41, 5.74) is 3.99. The van der Waals surface area contributed by atoms with E-state index in [0.717, 1.165) is 36.1 Å². The van der Waals surface area contributed by atoms with Crippen LogP contribution in [0.5, 0.6) is 11.5 Å². The Morgan fingerprint density at radius 3 is 2.32 bits per heavy atom. The maximum Gasteiger partial charge on any atom is 0.246 e. The van der Waals surface area contributed by atoms with Crippen LogP contribution in [0.2, 0.25) is 0 Å². The normalized spacial score (nSPS) is 19.2. The fourth-order valence-corrected chi connectivity index (χ4v) is 10.8. The number of aromatic nitrogens is 6. The molecule has 0 unspecified atom stereocenters. The van der Waals surface area contributed by atoms with E-state index in [4.69, 9.17) is 9.47 Å². The molecule has 0 bridgehead atoms. The molecule has 3 aliphatic rings. The molecule has 0 saturated carbocycles. The molecule has 400 valence electrons. The highest BCUT2D eigenvalue weighted by Gasteiger charge is 2.46. The van der Waals surface area contributed by atoms with Crippen LogP contribution in [0.25, 0.3) is 10.9 Å². The van der Waals surface area contributed by atoms with Crippen molar-refractivity contribution < 1.29 is 32.3 Å². The minimum atomic E-state index is -3.86. The maximum absolute atomic E-state index is 14.6. The van der Waals surface area contributed by atoms with Crippen molar-refractivity contribution in [1.82, 2.24) is 55.9 Å². The maximum atomic E-state index is 14.6. The molecule has 74 heavy (non-hydrogen) atoms. The molecule has 20 nitrogen and oxygen atoms in total. The average molecular weight is 1060 g/mol. The molecule has 2 fully saturated rings. The number of anilines is 3. The largest absolute Gasteiger partial charge is 0.491 e. The highest BCUT2D eigenvalue weighted by molar-refractivity contribution is 7.92. The van der Waals surface area contributed by atoms with E-state index in [1.165, 1.54) is 11.9 Å². The lowest BCUT2D eigenvalue weighted by molar-refractivity contribution is -0.144. The number of carbonyl (C=O) groups excluding carboxylic acids is 3. The van der Waals surface area contributed by atoms with Crippen LogP contribution in [0, 0.1) is 19.3 Å². The number of H-pyrrole nitrogens is 1. The summed E-state index contributed by atoms with van der Waals surface area (Å²) in [6.45, 7) is 19.8. The van der Waals surface area contributed by atoms with Gasteiger partial charge in [0.25, 0.3) is 0 Å². The average Bonchev–Trinajstić information content (AvgIpc) is 3.93. The molecule has 8 rings (SSSR count). The van der Waals surface area contributed by atoms with Crippen molar-refractivity contribution in [1.29, 1.82) is 0 Å². The number of halogens is 1. The number of fused-ring (bicyclic) bond motifs is 2. The Morgan fingerprint density at radius 1 is 0.946 bits per heavy atom. The first kappa shape index (κ1) is 55.6. The van der Waals surface area contributed by atoms with Crippen molar-refractivity contribution >= 4 is 68.5 Å². The predicted molar refractivity (Wildman–Crippen MR) is 286 cm³/mol. The predicted octanol–water partition coefficient (Wildman–Crippen LogP) is 5.38. The van der Waals surface area contributed by atoms with E-state index in [-0.39, 0.29) is 66.4 Å². The van der Waals surface area contributed by atoms with Gasteiger partial charge in [0.2, 0.25) is 23.7 Å². The van der Waals surface area contributed by atoms with Gasteiger partial charge >= 0.3 is 0 Å². The van der Waals surface area contributed by atoms with Crippen LogP contribution in [0.3, 0.4) is 0 Å². The fraction of sp³-hybridized carbons (Fsp3) is 0.538. The van der Waals surface area contributed by atoms with Crippen molar-refractivity contribution in [2.24, 2.45) is 5.41 Å². The van der Waals surface area contributed by atoms with Crippen molar-refractivity contribution in [2.75, 3.05) is 63.1 Å².